The van der Waals surface area contributed by atoms with Crippen LogP contribution >= 0.6 is 0 Å². The minimum atomic E-state index is 0.863. The first-order valence-corrected chi connectivity index (χ1v) is 15.9. The van der Waals surface area contributed by atoms with Crippen molar-refractivity contribution in [2.75, 3.05) is 0 Å². The Bertz CT molecular complexity index is 2810. The van der Waals surface area contributed by atoms with Gasteiger partial charge in [0, 0.05) is 32.7 Å². The number of hydrogen-bond donors (Lipinski definition) is 0. The lowest BCUT2D eigenvalue weighted by atomic mass is 9.96. The van der Waals surface area contributed by atoms with Gasteiger partial charge in [-0.15, -0.1) is 0 Å². The van der Waals surface area contributed by atoms with Gasteiger partial charge in [-0.3, -0.25) is 4.98 Å². The third-order valence-electron chi connectivity index (χ3n) is 9.50. The Labute approximate surface area is 270 Å². The fraction of sp³-hybridized carbons (Fsp3) is 0. The minimum absolute atomic E-state index is 0.863. The topological polar surface area (TPSA) is 38.9 Å². The van der Waals surface area contributed by atoms with Gasteiger partial charge in [0.05, 0.1) is 22.9 Å². The van der Waals surface area contributed by atoms with Crippen LogP contribution in [0.1, 0.15) is 0 Å². The second-order valence-electron chi connectivity index (χ2n) is 12.1. The maximum absolute atomic E-state index is 6.52. The van der Waals surface area contributed by atoms with Crippen molar-refractivity contribution in [1.29, 1.82) is 0 Å². The Hall–Kier alpha value is -6.32. The molecule has 0 amide bonds. The van der Waals surface area contributed by atoms with Crippen LogP contribution in [0.4, 0.5) is 0 Å². The predicted octanol–water partition coefficient (Wildman–Crippen LogP) is 12.0. The molecule has 10 aromatic rings. The average molecular weight is 599 g/mol. The Kier molecular flexibility index (Phi) is 5.57. The molecule has 2 heterocycles. The van der Waals surface area contributed by atoms with E-state index >= 15 is 0 Å². The molecular formula is C44H26N2O. The van der Waals surface area contributed by atoms with E-state index in [9.17, 15) is 0 Å². The smallest absolute Gasteiger partial charge is 0.143 e. The number of para-hydroxylation sites is 1. The number of nitrogens with zero attached hydrogens (tertiary/aromatic N) is 2. The van der Waals surface area contributed by atoms with E-state index in [1.165, 1.54) is 26.9 Å². The summed E-state index contributed by atoms with van der Waals surface area (Å²) in [4.78, 5) is 10.1. The second-order valence-corrected chi connectivity index (χ2v) is 12.1. The summed E-state index contributed by atoms with van der Waals surface area (Å²) in [7, 11) is 0. The fourth-order valence-electron chi connectivity index (χ4n) is 7.26. The van der Waals surface area contributed by atoms with Crippen LogP contribution in [-0.4, -0.2) is 9.97 Å². The van der Waals surface area contributed by atoms with Crippen LogP contribution in [0.3, 0.4) is 0 Å². The molecule has 47 heavy (non-hydrogen) atoms. The van der Waals surface area contributed by atoms with E-state index in [-0.39, 0.29) is 0 Å². The molecule has 0 radical (unpaired) electrons. The van der Waals surface area contributed by atoms with Crippen molar-refractivity contribution in [3.63, 3.8) is 0 Å². The SMILES string of the molecule is c1cc(-c2ccc(-c3cnc4c5ccccc5c5ccccc5c4n3)cc2)cc(-c2cccc3c2oc2ccc4ccccc4c23)c1. The van der Waals surface area contributed by atoms with Crippen molar-refractivity contribution in [3.05, 3.63) is 158 Å². The van der Waals surface area contributed by atoms with Gasteiger partial charge in [0.2, 0.25) is 0 Å². The Morgan fingerprint density at radius 1 is 0.426 bits per heavy atom. The van der Waals surface area contributed by atoms with Crippen molar-refractivity contribution in [2.45, 2.75) is 0 Å². The number of benzene rings is 8. The molecule has 0 unspecified atom stereocenters. The van der Waals surface area contributed by atoms with Crippen LogP contribution in [0.15, 0.2) is 162 Å². The molecule has 0 aliphatic rings. The fourth-order valence-corrected chi connectivity index (χ4v) is 7.26. The Balaban J connectivity index is 1.05. The molecule has 0 bridgehead atoms. The van der Waals surface area contributed by atoms with Gasteiger partial charge >= 0.3 is 0 Å². The van der Waals surface area contributed by atoms with Crippen LogP contribution in [0, 0.1) is 0 Å². The Morgan fingerprint density at radius 2 is 1.06 bits per heavy atom. The van der Waals surface area contributed by atoms with E-state index in [1.807, 2.05) is 6.20 Å². The third-order valence-corrected chi connectivity index (χ3v) is 9.50. The highest BCUT2D eigenvalue weighted by Gasteiger charge is 2.16. The summed E-state index contributed by atoms with van der Waals surface area (Å²) in [5, 5.41) is 9.39. The van der Waals surface area contributed by atoms with E-state index in [1.54, 1.807) is 0 Å². The zero-order chi connectivity index (χ0) is 30.9. The largest absolute Gasteiger partial charge is 0.455 e. The highest BCUT2D eigenvalue weighted by atomic mass is 16.3. The van der Waals surface area contributed by atoms with Crippen molar-refractivity contribution < 1.29 is 4.42 Å². The molecule has 8 aromatic carbocycles. The van der Waals surface area contributed by atoms with Gasteiger partial charge in [0.25, 0.3) is 0 Å². The first kappa shape index (κ1) is 26.0. The Morgan fingerprint density at radius 3 is 1.87 bits per heavy atom. The molecule has 0 fully saturated rings. The maximum atomic E-state index is 6.52. The molecule has 0 N–H and O–H groups in total. The van der Waals surface area contributed by atoms with Gasteiger partial charge in [-0.05, 0) is 50.4 Å². The third kappa shape index (κ3) is 4.00. The molecule has 3 heteroatoms. The highest BCUT2D eigenvalue weighted by Crippen LogP contribution is 2.40. The summed E-state index contributed by atoms with van der Waals surface area (Å²) in [5.74, 6) is 0. The molecule has 0 atom stereocenters. The maximum Gasteiger partial charge on any atom is 0.143 e. The van der Waals surface area contributed by atoms with E-state index < -0.39 is 0 Å². The molecular weight excluding hydrogens is 572 g/mol. The van der Waals surface area contributed by atoms with Gasteiger partial charge in [-0.1, -0.05) is 140 Å². The van der Waals surface area contributed by atoms with Crippen LogP contribution in [0.5, 0.6) is 0 Å². The van der Waals surface area contributed by atoms with E-state index in [4.69, 9.17) is 14.4 Å². The average Bonchev–Trinajstić information content (AvgIpc) is 3.54. The summed E-state index contributed by atoms with van der Waals surface area (Å²) in [6.45, 7) is 0. The zero-order valence-electron chi connectivity index (χ0n) is 25.3. The number of hydrogen-bond acceptors (Lipinski definition) is 3. The molecule has 0 aliphatic carbocycles. The number of furan rings is 1. The predicted molar refractivity (Wildman–Crippen MR) is 196 cm³/mol. The minimum Gasteiger partial charge on any atom is -0.455 e. The summed E-state index contributed by atoms with van der Waals surface area (Å²) in [6, 6.07) is 53.5. The first-order valence-electron chi connectivity index (χ1n) is 15.9. The van der Waals surface area contributed by atoms with E-state index in [0.29, 0.717) is 0 Å². The van der Waals surface area contributed by atoms with E-state index in [0.717, 1.165) is 71.9 Å². The molecule has 0 saturated heterocycles. The molecule has 3 nitrogen and oxygen atoms in total. The second kappa shape index (κ2) is 10.1. The van der Waals surface area contributed by atoms with Crippen molar-refractivity contribution in [2.24, 2.45) is 0 Å². The van der Waals surface area contributed by atoms with Crippen molar-refractivity contribution in [1.82, 2.24) is 9.97 Å². The van der Waals surface area contributed by atoms with Crippen LogP contribution in [0.25, 0.3) is 98.8 Å². The number of rotatable bonds is 3. The quantitative estimate of drug-likeness (QED) is 0.190. The first-order chi connectivity index (χ1) is 23.3. The lowest BCUT2D eigenvalue weighted by molar-refractivity contribution is 0.670. The van der Waals surface area contributed by atoms with Gasteiger partial charge < -0.3 is 4.42 Å². The molecule has 10 rings (SSSR count). The standard InChI is InChI=1S/C44H26N2O/c1-2-12-32-28(9-1)23-24-40-41(32)38-18-8-17-33(44(38)47-40)31-11-7-10-30(25-31)27-19-21-29(22-20-27)39-26-45-42-36-15-5-3-13-34(36)35-14-4-6-16-37(35)43(42)46-39/h1-26H. The van der Waals surface area contributed by atoms with Crippen LogP contribution in [-0.2, 0) is 0 Å². The molecule has 0 spiro atoms. The summed E-state index contributed by atoms with van der Waals surface area (Å²) in [6.07, 6.45) is 1.90. The van der Waals surface area contributed by atoms with Gasteiger partial charge in [-0.2, -0.15) is 0 Å². The van der Waals surface area contributed by atoms with Crippen molar-refractivity contribution in [3.8, 4) is 33.5 Å². The monoisotopic (exact) mass is 598 g/mol. The zero-order valence-corrected chi connectivity index (χ0v) is 25.3. The van der Waals surface area contributed by atoms with Crippen LogP contribution in [0.2, 0.25) is 0 Å². The number of fused-ring (bicyclic) bond motifs is 11. The van der Waals surface area contributed by atoms with Crippen LogP contribution < -0.4 is 0 Å². The van der Waals surface area contributed by atoms with Gasteiger partial charge in [0.1, 0.15) is 11.2 Å². The summed E-state index contributed by atoms with van der Waals surface area (Å²) < 4.78 is 6.52. The summed E-state index contributed by atoms with van der Waals surface area (Å²) in [5.41, 5.74) is 10.1. The molecule has 218 valence electrons. The van der Waals surface area contributed by atoms with Gasteiger partial charge in [0.15, 0.2) is 0 Å². The lowest BCUT2D eigenvalue weighted by Crippen LogP contribution is -1.92. The highest BCUT2D eigenvalue weighted by molar-refractivity contribution is 6.23. The number of aromatic nitrogens is 2. The van der Waals surface area contributed by atoms with Crippen molar-refractivity contribution >= 4 is 65.3 Å². The summed E-state index contributed by atoms with van der Waals surface area (Å²) >= 11 is 0. The normalized spacial score (nSPS) is 11.8. The van der Waals surface area contributed by atoms with Gasteiger partial charge in [-0.25, -0.2) is 4.98 Å². The van der Waals surface area contributed by atoms with E-state index in [2.05, 4.69) is 152 Å². The molecule has 2 aromatic heterocycles. The molecule has 0 saturated carbocycles. The molecule has 0 aliphatic heterocycles. The lowest BCUT2D eigenvalue weighted by Gasteiger charge is -2.11.